The highest BCUT2D eigenvalue weighted by Gasteiger charge is 2.33. The van der Waals surface area contributed by atoms with Crippen LogP contribution in [0.15, 0.2) is 30.3 Å². The monoisotopic (exact) mass is 247 g/mol. The molecule has 4 nitrogen and oxygen atoms in total. The number of carboxylic acid groups (broad SMARTS) is 1. The van der Waals surface area contributed by atoms with Crippen molar-refractivity contribution in [3.8, 4) is 0 Å². The van der Waals surface area contributed by atoms with Crippen molar-refractivity contribution in [2.75, 3.05) is 0 Å². The number of hydrogen-bond acceptors (Lipinski definition) is 2. The number of aliphatic carboxylic acids is 1. The number of amides is 1. The number of carbonyl (C=O) groups excluding carboxylic acids is 1. The third-order valence-corrected chi connectivity index (χ3v) is 3.46. The van der Waals surface area contributed by atoms with Crippen molar-refractivity contribution in [2.45, 2.75) is 25.8 Å². The molecule has 1 saturated carbocycles. The predicted octanol–water partition coefficient (Wildman–Crippen LogP) is 1.80. The quantitative estimate of drug-likeness (QED) is 0.852. The first-order chi connectivity index (χ1) is 8.66. The van der Waals surface area contributed by atoms with E-state index in [4.69, 9.17) is 5.11 Å². The van der Waals surface area contributed by atoms with Crippen molar-refractivity contribution in [2.24, 2.45) is 11.8 Å². The van der Waals surface area contributed by atoms with Crippen molar-refractivity contribution >= 4 is 11.9 Å². The summed E-state index contributed by atoms with van der Waals surface area (Å²) >= 11 is 0. The van der Waals surface area contributed by atoms with Crippen molar-refractivity contribution in [1.82, 2.24) is 5.32 Å². The predicted molar refractivity (Wildman–Crippen MR) is 66.8 cm³/mol. The molecule has 0 spiro atoms. The number of benzene rings is 1. The van der Waals surface area contributed by atoms with Crippen LogP contribution in [-0.4, -0.2) is 17.0 Å². The van der Waals surface area contributed by atoms with E-state index in [0.29, 0.717) is 25.8 Å². The van der Waals surface area contributed by atoms with Crippen LogP contribution in [0.25, 0.3) is 0 Å². The van der Waals surface area contributed by atoms with Gasteiger partial charge in [0.05, 0.1) is 5.92 Å². The molecular weight excluding hydrogens is 230 g/mol. The van der Waals surface area contributed by atoms with E-state index >= 15 is 0 Å². The van der Waals surface area contributed by atoms with Gasteiger partial charge in [-0.1, -0.05) is 30.3 Å². The fourth-order valence-electron chi connectivity index (χ4n) is 2.37. The van der Waals surface area contributed by atoms with Gasteiger partial charge in [-0.05, 0) is 24.8 Å². The standard InChI is InChI=1S/C14H17NO3/c16-13(11-6-7-12(8-11)14(17)18)15-9-10-4-2-1-3-5-10/h1-5,11-12H,6-9H2,(H,15,16)(H,17,18). The van der Waals surface area contributed by atoms with Gasteiger partial charge in [0.25, 0.3) is 0 Å². The van der Waals surface area contributed by atoms with Crippen LogP contribution in [0.2, 0.25) is 0 Å². The summed E-state index contributed by atoms with van der Waals surface area (Å²) in [5.74, 6) is -1.30. The molecule has 0 bridgehead atoms. The van der Waals surface area contributed by atoms with Crippen LogP contribution in [0.5, 0.6) is 0 Å². The fourth-order valence-corrected chi connectivity index (χ4v) is 2.37. The summed E-state index contributed by atoms with van der Waals surface area (Å²) in [5.41, 5.74) is 1.05. The summed E-state index contributed by atoms with van der Waals surface area (Å²) in [6.45, 7) is 0.508. The average molecular weight is 247 g/mol. The van der Waals surface area contributed by atoms with Crippen molar-refractivity contribution in [3.05, 3.63) is 35.9 Å². The highest BCUT2D eigenvalue weighted by Crippen LogP contribution is 2.31. The number of rotatable bonds is 4. The largest absolute Gasteiger partial charge is 0.481 e. The summed E-state index contributed by atoms with van der Waals surface area (Å²) in [4.78, 5) is 22.7. The Balaban J connectivity index is 1.81. The van der Waals surface area contributed by atoms with E-state index in [1.807, 2.05) is 30.3 Å². The molecule has 2 atom stereocenters. The third-order valence-electron chi connectivity index (χ3n) is 3.46. The van der Waals surface area contributed by atoms with Gasteiger partial charge >= 0.3 is 5.97 Å². The molecule has 2 rings (SSSR count). The third kappa shape index (κ3) is 3.09. The Morgan fingerprint density at radius 1 is 1.17 bits per heavy atom. The van der Waals surface area contributed by atoms with E-state index in [-0.39, 0.29) is 17.7 Å². The van der Waals surface area contributed by atoms with Crippen LogP contribution in [-0.2, 0) is 16.1 Å². The van der Waals surface area contributed by atoms with E-state index in [1.165, 1.54) is 0 Å². The van der Waals surface area contributed by atoms with E-state index < -0.39 is 5.97 Å². The summed E-state index contributed by atoms with van der Waals surface area (Å²) < 4.78 is 0. The molecule has 2 N–H and O–H groups in total. The number of nitrogens with one attached hydrogen (secondary N) is 1. The van der Waals surface area contributed by atoms with Gasteiger partial charge in [0.1, 0.15) is 0 Å². The first-order valence-electron chi connectivity index (χ1n) is 6.21. The lowest BCUT2D eigenvalue weighted by molar-refractivity contribution is -0.141. The molecule has 1 aliphatic carbocycles. The summed E-state index contributed by atoms with van der Waals surface area (Å²) in [6.07, 6.45) is 1.76. The average Bonchev–Trinajstić information content (AvgIpc) is 2.87. The molecule has 0 radical (unpaired) electrons. The second-order valence-corrected chi connectivity index (χ2v) is 4.75. The van der Waals surface area contributed by atoms with E-state index in [2.05, 4.69) is 5.32 Å². The minimum atomic E-state index is -0.784. The Labute approximate surface area is 106 Å². The molecule has 2 unspecified atom stereocenters. The zero-order chi connectivity index (χ0) is 13.0. The van der Waals surface area contributed by atoms with Crippen molar-refractivity contribution in [3.63, 3.8) is 0 Å². The smallest absolute Gasteiger partial charge is 0.306 e. The SMILES string of the molecule is O=C(O)C1CCC(C(=O)NCc2ccccc2)C1. The Morgan fingerprint density at radius 3 is 2.44 bits per heavy atom. The molecule has 4 heteroatoms. The second kappa shape index (κ2) is 5.67. The highest BCUT2D eigenvalue weighted by atomic mass is 16.4. The van der Waals surface area contributed by atoms with E-state index in [0.717, 1.165) is 5.56 Å². The Bertz CT molecular complexity index is 430. The van der Waals surface area contributed by atoms with Gasteiger partial charge < -0.3 is 10.4 Å². The van der Waals surface area contributed by atoms with Crippen LogP contribution in [0, 0.1) is 11.8 Å². The van der Waals surface area contributed by atoms with Gasteiger partial charge in [-0.25, -0.2) is 0 Å². The minimum Gasteiger partial charge on any atom is -0.481 e. The molecule has 1 amide bonds. The molecule has 18 heavy (non-hydrogen) atoms. The first kappa shape index (κ1) is 12.6. The second-order valence-electron chi connectivity index (χ2n) is 4.75. The molecule has 1 aromatic carbocycles. The lowest BCUT2D eigenvalue weighted by Crippen LogP contribution is -2.29. The molecular formula is C14H17NO3. The first-order valence-corrected chi connectivity index (χ1v) is 6.21. The molecule has 1 fully saturated rings. The molecule has 0 heterocycles. The zero-order valence-corrected chi connectivity index (χ0v) is 10.1. The Morgan fingerprint density at radius 2 is 1.83 bits per heavy atom. The normalized spacial score (nSPS) is 22.7. The molecule has 96 valence electrons. The van der Waals surface area contributed by atoms with Crippen LogP contribution in [0.3, 0.4) is 0 Å². The van der Waals surface area contributed by atoms with Crippen LogP contribution >= 0.6 is 0 Å². The maximum atomic E-state index is 11.9. The van der Waals surface area contributed by atoms with Crippen LogP contribution < -0.4 is 5.32 Å². The summed E-state index contributed by atoms with van der Waals surface area (Å²) in [7, 11) is 0. The maximum absolute atomic E-state index is 11.9. The zero-order valence-electron chi connectivity index (χ0n) is 10.1. The van der Waals surface area contributed by atoms with Gasteiger partial charge in [0.15, 0.2) is 0 Å². The van der Waals surface area contributed by atoms with Gasteiger partial charge in [-0.2, -0.15) is 0 Å². The number of carbonyl (C=O) groups is 2. The lowest BCUT2D eigenvalue weighted by Gasteiger charge is -2.10. The molecule has 1 aromatic rings. The summed E-state index contributed by atoms with van der Waals surface area (Å²) in [5, 5.41) is 11.8. The molecule has 0 aliphatic heterocycles. The van der Waals surface area contributed by atoms with Gasteiger partial charge in [0.2, 0.25) is 5.91 Å². The number of carboxylic acids is 1. The maximum Gasteiger partial charge on any atom is 0.306 e. The van der Waals surface area contributed by atoms with E-state index in [9.17, 15) is 9.59 Å². The topological polar surface area (TPSA) is 66.4 Å². The van der Waals surface area contributed by atoms with Gasteiger partial charge in [-0.3, -0.25) is 9.59 Å². The van der Waals surface area contributed by atoms with Crippen molar-refractivity contribution < 1.29 is 14.7 Å². The Kier molecular flexibility index (Phi) is 3.97. The fraction of sp³-hybridized carbons (Fsp3) is 0.429. The Hall–Kier alpha value is -1.84. The van der Waals surface area contributed by atoms with Gasteiger partial charge in [0, 0.05) is 12.5 Å². The lowest BCUT2D eigenvalue weighted by atomic mass is 10.0. The van der Waals surface area contributed by atoms with E-state index in [1.54, 1.807) is 0 Å². The summed E-state index contributed by atoms with van der Waals surface area (Å²) in [6, 6.07) is 9.69. The van der Waals surface area contributed by atoms with Gasteiger partial charge in [-0.15, -0.1) is 0 Å². The van der Waals surface area contributed by atoms with Crippen molar-refractivity contribution in [1.29, 1.82) is 0 Å². The molecule has 0 saturated heterocycles. The van der Waals surface area contributed by atoms with Crippen LogP contribution in [0.1, 0.15) is 24.8 Å². The molecule has 0 aromatic heterocycles. The number of hydrogen-bond donors (Lipinski definition) is 2. The van der Waals surface area contributed by atoms with Crippen LogP contribution in [0.4, 0.5) is 0 Å². The molecule has 1 aliphatic rings. The minimum absolute atomic E-state index is 0.0254. The highest BCUT2D eigenvalue weighted by molar-refractivity contribution is 5.80.